The van der Waals surface area contributed by atoms with Crippen LogP contribution in [0.5, 0.6) is 0 Å². The zero-order valence-corrected chi connectivity index (χ0v) is 14.3. The standard InChI is InChI=1S/C20H14ClFN4/c21-13-7-4-8-16(19(13)22)26-20-18-15(24-11-25-20)10-9-14(23)17(18)12-5-2-1-3-6-12/h1-11H,23H2,(H,24,25,26). The SMILES string of the molecule is Nc1ccc2ncnc(Nc3cccc(Cl)c3F)c2c1-c1ccccc1. The molecule has 0 atom stereocenters. The molecule has 0 aliphatic heterocycles. The van der Waals surface area contributed by atoms with Crippen molar-refractivity contribution in [1.29, 1.82) is 0 Å². The van der Waals surface area contributed by atoms with E-state index in [4.69, 9.17) is 17.3 Å². The van der Waals surface area contributed by atoms with Crippen LogP contribution < -0.4 is 11.1 Å². The second kappa shape index (κ2) is 6.61. The number of nitrogens with two attached hydrogens (primary N) is 1. The molecule has 0 radical (unpaired) electrons. The molecule has 6 heteroatoms. The minimum absolute atomic E-state index is 0.0381. The molecule has 4 aromatic rings. The average Bonchev–Trinajstić information content (AvgIpc) is 2.66. The number of hydrogen-bond donors (Lipinski definition) is 2. The van der Waals surface area contributed by atoms with Crippen molar-refractivity contribution in [3.8, 4) is 11.1 Å². The molecule has 0 spiro atoms. The summed E-state index contributed by atoms with van der Waals surface area (Å²) in [5, 5.41) is 3.79. The third kappa shape index (κ3) is 2.82. The van der Waals surface area contributed by atoms with Gasteiger partial charge in [0.2, 0.25) is 0 Å². The van der Waals surface area contributed by atoms with Crippen LogP contribution in [0.1, 0.15) is 0 Å². The molecule has 0 unspecified atom stereocenters. The Morgan fingerprint density at radius 1 is 0.923 bits per heavy atom. The van der Waals surface area contributed by atoms with Crippen molar-refractivity contribution in [2.45, 2.75) is 0 Å². The van der Waals surface area contributed by atoms with Crippen molar-refractivity contribution >= 4 is 39.7 Å². The van der Waals surface area contributed by atoms with Gasteiger partial charge in [-0.1, -0.05) is 48.0 Å². The molecule has 0 saturated heterocycles. The molecule has 0 bridgehead atoms. The summed E-state index contributed by atoms with van der Waals surface area (Å²) in [5.74, 6) is -0.0755. The Kier molecular flexibility index (Phi) is 4.14. The number of nitrogens with zero attached hydrogens (tertiary/aromatic N) is 2. The molecule has 0 fully saturated rings. The molecule has 1 aromatic heterocycles. The minimum Gasteiger partial charge on any atom is -0.398 e. The van der Waals surface area contributed by atoms with Gasteiger partial charge in [0.05, 0.1) is 21.6 Å². The van der Waals surface area contributed by atoms with E-state index in [-0.39, 0.29) is 10.7 Å². The first kappa shape index (κ1) is 16.3. The minimum atomic E-state index is -0.536. The monoisotopic (exact) mass is 364 g/mol. The Balaban J connectivity index is 1.96. The Labute approximate surface area is 154 Å². The molecule has 26 heavy (non-hydrogen) atoms. The van der Waals surface area contributed by atoms with E-state index in [1.165, 1.54) is 12.4 Å². The van der Waals surface area contributed by atoms with Gasteiger partial charge in [-0.05, 0) is 29.8 Å². The first-order chi connectivity index (χ1) is 12.6. The Bertz CT molecular complexity index is 1100. The highest BCUT2D eigenvalue weighted by atomic mass is 35.5. The zero-order valence-electron chi connectivity index (χ0n) is 13.6. The lowest BCUT2D eigenvalue weighted by Gasteiger charge is -2.15. The van der Waals surface area contributed by atoms with Crippen molar-refractivity contribution in [2.24, 2.45) is 0 Å². The van der Waals surface area contributed by atoms with Gasteiger partial charge in [-0.2, -0.15) is 0 Å². The summed E-state index contributed by atoms with van der Waals surface area (Å²) in [4.78, 5) is 8.64. The molecule has 3 N–H and O–H groups in total. The number of anilines is 3. The lowest BCUT2D eigenvalue weighted by atomic mass is 9.99. The van der Waals surface area contributed by atoms with Gasteiger partial charge in [-0.25, -0.2) is 14.4 Å². The summed E-state index contributed by atoms with van der Waals surface area (Å²) < 4.78 is 14.3. The maximum Gasteiger partial charge on any atom is 0.165 e. The van der Waals surface area contributed by atoms with Gasteiger partial charge in [0.25, 0.3) is 0 Å². The predicted molar refractivity (Wildman–Crippen MR) is 104 cm³/mol. The topological polar surface area (TPSA) is 63.8 Å². The molecular formula is C20H14ClFN4. The number of nitrogens with one attached hydrogen (secondary N) is 1. The summed E-state index contributed by atoms with van der Waals surface area (Å²) in [6.45, 7) is 0. The fraction of sp³-hybridized carbons (Fsp3) is 0. The molecule has 0 saturated carbocycles. The van der Waals surface area contributed by atoms with Crippen LogP contribution in [0.25, 0.3) is 22.0 Å². The second-order valence-corrected chi connectivity index (χ2v) is 6.15. The summed E-state index contributed by atoms with van der Waals surface area (Å²) in [6, 6.07) is 18.1. The summed E-state index contributed by atoms with van der Waals surface area (Å²) >= 11 is 5.88. The number of halogens is 2. The number of fused-ring (bicyclic) bond motifs is 1. The van der Waals surface area contributed by atoms with Crippen LogP contribution in [0.15, 0.2) is 67.0 Å². The highest BCUT2D eigenvalue weighted by molar-refractivity contribution is 6.31. The van der Waals surface area contributed by atoms with E-state index in [2.05, 4.69) is 15.3 Å². The molecule has 0 aliphatic rings. The normalized spacial score (nSPS) is 10.8. The third-order valence-corrected chi connectivity index (χ3v) is 4.40. The summed E-state index contributed by atoms with van der Waals surface area (Å²) in [6.07, 6.45) is 1.43. The van der Waals surface area contributed by atoms with Crippen molar-refractivity contribution in [3.63, 3.8) is 0 Å². The average molecular weight is 365 g/mol. The van der Waals surface area contributed by atoms with E-state index < -0.39 is 5.82 Å². The number of hydrogen-bond acceptors (Lipinski definition) is 4. The van der Waals surface area contributed by atoms with Gasteiger partial charge >= 0.3 is 0 Å². The lowest BCUT2D eigenvalue weighted by molar-refractivity contribution is 0.632. The fourth-order valence-corrected chi connectivity index (χ4v) is 3.08. The van der Waals surface area contributed by atoms with Crippen molar-refractivity contribution in [1.82, 2.24) is 9.97 Å². The van der Waals surface area contributed by atoms with Gasteiger partial charge in [0, 0.05) is 11.3 Å². The summed E-state index contributed by atoms with van der Waals surface area (Å²) in [7, 11) is 0. The molecule has 1 heterocycles. The number of benzene rings is 3. The first-order valence-corrected chi connectivity index (χ1v) is 8.32. The number of nitrogen functional groups attached to an aromatic ring is 1. The fourth-order valence-electron chi connectivity index (χ4n) is 2.91. The van der Waals surface area contributed by atoms with E-state index in [0.717, 1.165) is 16.5 Å². The molecule has 3 aromatic carbocycles. The van der Waals surface area contributed by atoms with Gasteiger partial charge in [-0.3, -0.25) is 0 Å². The van der Waals surface area contributed by atoms with Crippen LogP contribution in [0.3, 0.4) is 0 Å². The molecule has 128 valence electrons. The largest absolute Gasteiger partial charge is 0.398 e. The highest BCUT2D eigenvalue weighted by Crippen LogP contribution is 2.37. The Morgan fingerprint density at radius 2 is 1.73 bits per heavy atom. The van der Waals surface area contributed by atoms with E-state index >= 15 is 0 Å². The molecule has 4 rings (SSSR count). The van der Waals surface area contributed by atoms with Crippen LogP contribution in [-0.2, 0) is 0 Å². The van der Waals surface area contributed by atoms with Crippen LogP contribution in [0, 0.1) is 5.82 Å². The maximum absolute atomic E-state index is 14.3. The van der Waals surface area contributed by atoms with E-state index in [1.54, 1.807) is 18.2 Å². The van der Waals surface area contributed by atoms with Crippen LogP contribution in [-0.4, -0.2) is 9.97 Å². The van der Waals surface area contributed by atoms with Crippen LogP contribution in [0.4, 0.5) is 21.6 Å². The van der Waals surface area contributed by atoms with Gasteiger partial charge in [-0.15, -0.1) is 0 Å². The van der Waals surface area contributed by atoms with E-state index in [0.29, 0.717) is 17.0 Å². The predicted octanol–water partition coefficient (Wildman–Crippen LogP) is 5.42. The first-order valence-electron chi connectivity index (χ1n) is 7.95. The van der Waals surface area contributed by atoms with Crippen LogP contribution >= 0.6 is 11.6 Å². The summed E-state index contributed by atoms with van der Waals surface area (Å²) in [5.41, 5.74) is 9.52. The van der Waals surface area contributed by atoms with Crippen molar-refractivity contribution < 1.29 is 4.39 Å². The lowest BCUT2D eigenvalue weighted by Crippen LogP contribution is -2.01. The van der Waals surface area contributed by atoms with Gasteiger partial charge in [0.1, 0.15) is 12.1 Å². The number of rotatable bonds is 3. The quantitative estimate of drug-likeness (QED) is 0.477. The molecule has 4 nitrogen and oxygen atoms in total. The smallest absolute Gasteiger partial charge is 0.165 e. The Morgan fingerprint density at radius 3 is 2.54 bits per heavy atom. The Hall–Kier alpha value is -3.18. The van der Waals surface area contributed by atoms with Crippen molar-refractivity contribution in [3.05, 3.63) is 77.8 Å². The molecule has 0 amide bonds. The van der Waals surface area contributed by atoms with Crippen LogP contribution in [0.2, 0.25) is 5.02 Å². The van der Waals surface area contributed by atoms with Crippen molar-refractivity contribution in [2.75, 3.05) is 11.1 Å². The number of aromatic nitrogens is 2. The second-order valence-electron chi connectivity index (χ2n) is 5.74. The van der Waals surface area contributed by atoms with E-state index in [1.807, 2.05) is 36.4 Å². The molecular weight excluding hydrogens is 351 g/mol. The zero-order chi connectivity index (χ0) is 18.1. The highest BCUT2D eigenvalue weighted by Gasteiger charge is 2.15. The van der Waals surface area contributed by atoms with Gasteiger partial charge in [0.15, 0.2) is 5.82 Å². The molecule has 0 aliphatic carbocycles. The maximum atomic E-state index is 14.3. The third-order valence-electron chi connectivity index (χ3n) is 4.10. The van der Waals surface area contributed by atoms with E-state index in [9.17, 15) is 4.39 Å². The van der Waals surface area contributed by atoms with Gasteiger partial charge < -0.3 is 11.1 Å².